The summed E-state index contributed by atoms with van der Waals surface area (Å²) in [7, 11) is 0. The summed E-state index contributed by atoms with van der Waals surface area (Å²) < 4.78 is 13.9. The predicted molar refractivity (Wildman–Crippen MR) is 29.8 cm³/mol. The Morgan fingerprint density at radius 3 is 2.75 bits per heavy atom. The Bertz CT molecular complexity index is 233. The van der Waals surface area contributed by atoms with Crippen LogP contribution in [0.2, 0.25) is 0 Å². The van der Waals surface area contributed by atoms with Crippen LogP contribution in [-0.4, -0.2) is 10.2 Å². The molecule has 0 radical (unpaired) electrons. The highest BCUT2D eigenvalue weighted by Crippen LogP contribution is 2.14. The summed E-state index contributed by atoms with van der Waals surface area (Å²) in [5, 5.41) is 17.6. The lowest BCUT2D eigenvalue weighted by Gasteiger charge is -1.89. The SMILES string of the molecule is [2H]c1ccc(O)c([2H])c1O. The fraction of sp³-hybridized carbons (Fsp3) is 0. The molecule has 0 spiro atoms. The zero-order valence-corrected chi connectivity index (χ0v) is 4.05. The normalized spacial score (nSPS) is 12.5. The maximum atomic E-state index is 8.85. The van der Waals surface area contributed by atoms with Gasteiger partial charge in [-0.05, 0) is 12.1 Å². The van der Waals surface area contributed by atoms with Gasteiger partial charge in [0.25, 0.3) is 0 Å². The van der Waals surface area contributed by atoms with Crippen LogP contribution in [0, 0.1) is 0 Å². The molecule has 0 unspecified atom stereocenters. The van der Waals surface area contributed by atoms with Crippen LogP contribution in [-0.2, 0) is 0 Å². The fourth-order valence-electron chi connectivity index (χ4n) is 0.399. The molecule has 2 nitrogen and oxygen atoms in total. The highest BCUT2D eigenvalue weighted by Gasteiger charge is 1.85. The van der Waals surface area contributed by atoms with Crippen molar-refractivity contribution in [3.63, 3.8) is 0 Å². The van der Waals surface area contributed by atoms with Gasteiger partial charge in [0.15, 0.2) is 0 Å². The number of aromatic hydroxyl groups is 2. The van der Waals surface area contributed by atoms with E-state index in [2.05, 4.69) is 0 Å². The van der Waals surface area contributed by atoms with Crippen molar-refractivity contribution < 1.29 is 13.0 Å². The van der Waals surface area contributed by atoms with E-state index >= 15 is 0 Å². The molecular formula is C6H6O2. The molecule has 1 rings (SSSR count). The first-order chi connectivity index (χ1) is 4.63. The smallest absolute Gasteiger partial charge is 0.119 e. The lowest BCUT2D eigenvalue weighted by Crippen LogP contribution is -1.61. The van der Waals surface area contributed by atoms with Gasteiger partial charge in [-0.15, -0.1) is 0 Å². The van der Waals surface area contributed by atoms with E-state index in [9.17, 15) is 0 Å². The van der Waals surface area contributed by atoms with Crippen molar-refractivity contribution >= 4 is 0 Å². The average molecular weight is 112 g/mol. The van der Waals surface area contributed by atoms with E-state index in [-0.39, 0.29) is 11.8 Å². The molecule has 0 atom stereocenters. The third kappa shape index (κ3) is 0.904. The molecule has 1 aromatic rings. The maximum absolute atomic E-state index is 8.85. The van der Waals surface area contributed by atoms with Crippen molar-refractivity contribution in [3.05, 3.63) is 24.2 Å². The van der Waals surface area contributed by atoms with Gasteiger partial charge in [0, 0.05) is 6.04 Å². The van der Waals surface area contributed by atoms with Crippen LogP contribution in [0.5, 0.6) is 11.5 Å². The number of phenols is 2. The average Bonchev–Trinajstić information content (AvgIpc) is 1.93. The first-order valence-electron chi connectivity index (χ1n) is 3.11. The lowest BCUT2D eigenvalue weighted by molar-refractivity contribution is 0.450. The highest BCUT2D eigenvalue weighted by molar-refractivity contribution is 5.30. The molecule has 2 heteroatoms. The van der Waals surface area contributed by atoms with Gasteiger partial charge < -0.3 is 10.2 Å². The molecule has 0 aliphatic heterocycles. The van der Waals surface area contributed by atoms with Crippen molar-refractivity contribution in [1.29, 1.82) is 0 Å². The van der Waals surface area contributed by atoms with Crippen LogP contribution in [0.25, 0.3) is 0 Å². The minimum atomic E-state index is -0.486. The van der Waals surface area contributed by atoms with Gasteiger partial charge in [0.05, 0.1) is 2.74 Å². The largest absolute Gasteiger partial charge is 0.508 e. The minimum Gasteiger partial charge on any atom is -0.508 e. The summed E-state index contributed by atoms with van der Waals surface area (Å²) >= 11 is 0. The van der Waals surface area contributed by atoms with Crippen molar-refractivity contribution in [3.8, 4) is 11.5 Å². The van der Waals surface area contributed by atoms with E-state index in [0.29, 0.717) is 0 Å². The third-order valence-corrected chi connectivity index (χ3v) is 0.708. The quantitative estimate of drug-likeness (QED) is 0.527. The Labute approximate surface area is 49.8 Å². The maximum Gasteiger partial charge on any atom is 0.119 e. The number of benzene rings is 1. The molecule has 0 fully saturated rings. The standard InChI is InChI=1S/C6H6O2/c7-5-2-1-3-6(8)4-5/h1-4,7-8H/i2D,4D. The number of rotatable bonds is 0. The van der Waals surface area contributed by atoms with Gasteiger partial charge in [-0.1, -0.05) is 6.07 Å². The summed E-state index contributed by atoms with van der Waals surface area (Å²) in [6.45, 7) is 0. The van der Waals surface area contributed by atoms with Gasteiger partial charge >= 0.3 is 0 Å². The summed E-state index contributed by atoms with van der Waals surface area (Å²) in [6, 6.07) is 1.88. The third-order valence-electron chi connectivity index (χ3n) is 0.708. The van der Waals surface area contributed by atoms with Gasteiger partial charge in [-0.25, -0.2) is 0 Å². The topological polar surface area (TPSA) is 40.5 Å². The van der Waals surface area contributed by atoms with Crippen molar-refractivity contribution in [1.82, 2.24) is 0 Å². The molecule has 0 aliphatic rings. The van der Waals surface area contributed by atoms with Crippen LogP contribution >= 0.6 is 0 Å². The number of hydrogen-bond acceptors (Lipinski definition) is 2. The summed E-state index contributed by atoms with van der Waals surface area (Å²) in [6.07, 6.45) is 0. The van der Waals surface area contributed by atoms with E-state index in [0.717, 1.165) is 0 Å². The highest BCUT2D eigenvalue weighted by atomic mass is 16.3. The Hall–Kier alpha value is -1.18. The molecule has 0 saturated heterocycles. The van der Waals surface area contributed by atoms with Gasteiger partial charge in [0.2, 0.25) is 0 Å². The summed E-state index contributed by atoms with van der Waals surface area (Å²) in [4.78, 5) is 0. The molecule has 8 heavy (non-hydrogen) atoms. The Morgan fingerprint density at radius 2 is 2.12 bits per heavy atom. The summed E-state index contributed by atoms with van der Waals surface area (Å²) in [5.41, 5.74) is 0. The zero-order chi connectivity index (χ0) is 7.72. The van der Waals surface area contributed by atoms with E-state index in [4.69, 9.17) is 13.0 Å². The molecule has 0 heterocycles. The molecule has 0 aliphatic carbocycles. The van der Waals surface area contributed by atoms with Crippen LogP contribution in [0.3, 0.4) is 0 Å². The molecule has 1 aromatic carbocycles. The van der Waals surface area contributed by atoms with Gasteiger partial charge in [-0.2, -0.15) is 0 Å². The van der Waals surface area contributed by atoms with Crippen molar-refractivity contribution in [2.45, 2.75) is 0 Å². The van der Waals surface area contributed by atoms with Crippen molar-refractivity contribution in [2.75, 3.05) is 0 Å². The van der Waals surface area contributed by atoms with E-state index in [1.807, 2.05) is 0 Å². The lowest BCUT2D eigenvalue weighted by atomic mass is 10.3. The zero-order valence-electron chi connectivity index (χ0n) is 6.05. The monoisotopic (exact) mass is 112 g/mol. The second-order valence-electron chi connectivity index (χ2n) is 1.34. The van der Waals surface area contributed by atoms with E-state index in [1.165, 1.54) is 12.1 Å². The van der Waals surface area contributed by atoms with Crippen molar-refractivity contribution in [2.24, 2.45) is 0 Å². The van der Waals surface area contributed by atoms with Crippen LogP contribution in [0.1, 0.15) is 2.74 Å². The summed E-state index contributed by atoms with van der Waals surface area (Å²) in [5.74, 6) is -0.798. The first-order valence-corrected chi connectivity index (χ1v) is 2.11. The Morgan fingerprint density at radius 1 is 1.38 bits per heavy atom. The Balaban J connectivity index is 3.34. The molecule has 2 N–H and O–H groups in total. The molecule has 42 valence electrons. The van der Waals surface area contributed by atoms with Crippen LogP contribution in [0.4, 0.5) is 0 Å². The van der Waals surface area contributed by atoms with Crippen LogP contribution < -0.4 is 0 Å². The van der Waals surface area contributed by atoms with Gasteiger partial charge in [-0.3, -0.25) is 0 Å². The fourth-order valence-corrected chi connectivity index (χ4v) is 0.399. The number of hydrogen-bond donors (Lipinski definition) is 2. The first kappa shape index (κ1) is 2.97. The van der Waals surface area contributed by atoms with E-state index < -0.39 is 11.8 Å². The second-order valence-corrected chi connectivity index (χ2v) is 1.34. The molecule has 0 aromatic heterocycles. The molecular weight excluding hydrogens is 104 g/mol. The predicted octanol–water partition coefficient (Wildman–Crippen LogP) is 1.10. The molecule has 0 bridgehead atoms. The Kier molecular flexibility index (Phi) is 0.645. The van der Waals surface area contributed by atoms with E-state index in [1.54, 1.807) is 0 Å². The number of phenolic OH excluding ortho intramolecular Hbond substituents is 2. The minimum absolute atomic E-state index is 0.150. The van der Waals surface area contributed by atoms with Crippen LogP contribution in [0.15, 0.2) is 24.2 Å². The molecule has 0 amide bonds. The van der Waals surface area contributed by atoms with Gasteiger partial charge in [0.1, 0.15) is 11.5 Å². The second kappa shape index (κ2) is 1.74. The molecule has 0 saturated carbocycles.